The van der Waals surface area contributed by atoms with Crippen LogP contribution in [0, 0.1) is 0 Å². The van der Waals surface area contributed by atoms with E-state index in [0.717, 1.165) is 5.56 Å². The lowest BCUT2D eigenvalue weighted by atomic mass is 10.1. The Morgan fingerprint density at radius 1 is 1.23 bits per heavy atom. The fraction of sp³-hybridized carbons (Fsp3) is 0.500. The van der Waals surface area contributed by atoms with Crippen molar-refractivity contribution in [3.63, 3.8) is 0 Å². The Hall–Kier alpha value is -1.92. The van der Waals surface area contributed by atoms with Crippen molar-refractivity contribution in [1.82, 2.24) is 10.2 Å². The van der Waals surface area contributed by atoms with Crippen molar-refractivity contribution in [2.24, 2.45) is 0 Å². The number of hydrogen-bond donors (Lipinski definition) is 1. The van der Waals surface area contributed by atoms with Crippen LogP contribution in [0.3, 0.4) is 0 Å². The van der Waals surface area contributed by atoms with Crippen LogP contribution in [0.2, 0.25) is 0 Å². The van der Waals surface area contributed by atoms with E-state index in [2.05, 4.69) is 5.32 Å². The number of carbonyl (C=O) groups excluding carboxylic acids is 2. The summed E-state index contributed by atoms with van der Waals surface area (Å²) in [5.74, 6) is -0.366. The zero-order valence-electron chi connectivity index (χ0n) is 13.4. The highest BCUT2D eigenvalue weighted by Gasteiger charge is 2.12. The highest BCUT2D eigenvalue weighted by molar-refractivity contribution is 5.93. The zero-order chi connectivity index (χ0) is 16.4. The molecule has 0 saturated heterocycles. The van der Waals surface area contributed by atoms with E-state index in [1.807, 2.05) is 17.0 Å². The Balaban J connectivity index is 2.67. The molecule has 0 heterocycles. The highest BCUT2D eigenvalue weighted by atomic mass is 16.5. The first-order valence-electron chi connectivity index (χ1n) is 7.28. The number of rotatable bonds is 9. The average molecular weight is 308 g/mol. The summed E-state index contributed by atoms with van der Waals surface area (Å²) >= 11 is 0. The lowest BCUT2D eigenvalue weighted by Gasteiger charge is -2.21. The first kappa shape index (κ1) is 18.1. The molecule has 0 radical (unpaired) electrons. The summed E-state index contributed by atoms with van der Waals surface area (Å²) in [7, 11) is 3.22. The van der Waals surface area contributed by atoms with Gasteiger partial charge in [0, 0.05) is 32.8 Å². The number of ether oxygens (including phenoxy) is 2. The van der Waals surface area contributed by atoms with Crippen molar-refractivity contribution < 1.29 is 19.1 Å². The third-order valence-electron chi connectivity index (χ3n) is 3.12. The van der Waals surface area contributed by atoms with E-state index in [9.17, 15) is 9.59 Å². The fourth-order valence-corrected chi connectivity index (χ4v) is 1.99. The van der Waals surface area contributed by atoms with Gasteiger partial charge in [0.2, 0.25) is 0 Å². The van der Waals surface area contributed by atoms with Gasteiger partial charge in [0.15, 0.2) is 0 Å². The molecule has 0 aromatic heterocycles. The highest BCUT2D eigenvalue weighted by Crippen LogP contribution is 2.08. The second-order valence-corrected chi connectivity index (χ2v) is 4.78. The summed E-state index contributed by atoms with van der Waals surface area (Å²) in [5.41, 5.74) is 1.63. The second-order valence-electron chi connectivity index (χ2n) is 4.78. The molecule has 0 atom stereocenters. The largest absolute Gasteiger partial charge is 0.465 e. The number of nitrogens with zero attached hydrogens (tertiary/aromatic N) is 1. The Bertz CT molecular complexity index is 474. The maximum atomic E-state index is 11.6. The summed E-state index contributed by atoms with van der Waals surface area (Å²) < 4.78 is 10.1. The summed E-state index contributed by atoms with van der Waals surface area (Å²) in [6.07, 6.45) is 0. The van der Waals surface area contributed by atoms with E-state index in [1.54, 1.807) is 33.2 Å². The van der Waals surface area contributed by atoms with Crippen molar-refractivity contribution in [1.29, 1.82) is 0 Å². The average Bonchev–Trinajstić information content (AvgIpc) is 2.52. The summed E-state index contributed by atoms with van der Waals surface area (Å²) in [6.45, 7) is 4.14. The molecule has 0 unspecified atom stereocenters. The monoisotopic (exact) mass is 308 g/mol. The number of methoxy groups -OCH3 is 1. The Labute approximate surface area is 131 Å². The van der Waals surface area contributed by atoms with Gasteiger partial charge in [-0.15, -0.1) is 0 Å². The third kappa shape index (κ3) is 6.24. The third-order valence-corrected chi connectivity index (χ3v) is 3.12. The van der Waals surface area contributed by atoms with E-state index in [1.165, 1.54) is 0 Å². The molecule has 1 amide bonds. The van der Waals surface area contributed by atoms with E-state index >= 15 is 0 Å². The molecule has 6 heteroatoms. The molecule has 0 saturated carbocycles. The van der Waals surface area contributed by atoms with E-state index in [0.29, 0.717) is 31.9 Å². The summed E-state index contributed by atoms with van der Waals surface area (Å²) in [5, 5.41) is 2.58. The normalized spacial score (nSPS) is 10.5. The van der Waals surface area contributed by atoms with Crippen LogP contribution < -0.4 is 5.32 Å². The van der Waals surface area contributed by atoms with Crippen LogP contribution in [-0.4, -0.2) is 57.2 Å². The van der Waals surface area contributed by atoms with Crippen molar-refractivity contribution in [2.45, 2.75) is 13.5 Å². The van der Waals surface area contributed by atoms with Crippen molar-refractivity contribution in [3.05, 3.63) is 35.4 Å². The zero-order valence-corrected chi connectivity index (χ0v) is 13.4. The van der Waals surface area contributed by atoms with Gasteiger partial charge in [-0.3, -0.25) is 14.5 Å². The van der Waals surface area contributed by atoms with Gasteiger partial charge in [0.05, 0.1) is 19.8 Å². The molecule has 1 aromatic carbocycles. The van der Waals surface area contributed by atoms with Gasteiger partial charge in [-0.25, -0.2) is 0 Å². The Morgan fingerprint density at radius 3 is 2.45 bits per heavy atom. The Morgan fingerprint density at radius 2 is 1.91 bits per heavy atom. The molecule has 0 spiro atoms. The molecule has 0 bridgehead atoms. The van der Waals surface area contributed by atoms with Gasteiger partial charge in [-0.1, -0.05) is 12.1 Å². The molecule has 22 heavy (non-hydrogen) atoms. The van der Waals surface area contributed by atoms with Crippen molar-refractivity contribution in [2.75, 3.05) is 40.5 Å². The van der Waals surface area contributed by atoms with Crippen LogP contribution in [0.25, 0.3) is 0 Å². The van der Waals surface area contributed by atoms with E-state index in [4.69, 9.17) is 9.47 Å². The molecule has 0 fully saturated rings. The molecule has 1 rings (SSSR count). The molecule has 0 aliphatic carbocycles. The van der Waals surface area contributed by atoms with Crippen LogP contribution in [0.1, 0.15) is 22.8 Å². The summed E-state index contributed by atoms with van der Waals surface area (Å²) in [4.78, 5) is 25.1. The number of benzene rings is 1. The molecule has 0 aliphatic rings. The molecule has 0 aliphatic heterocycles. The fourth-order valence-electron chi connectivity index (χ4n) is 1.99. The Kier molecular flexibility index (Phi) is 8.17. The van der Waals surface area contributed by atoms with Crippen LogP contribution in [0.15, 0.2) is 24.3 Å². The minimum absolute atomic E-state index is 0.116. The number of nitrogens with one attached hydrogen (secondary N) is 1. The van der Waals surface area contributed by atoms with Gasteiger partial charge in [-0.05, 0) is 24.6 Å². The number of hydrogen-bond acceptors (Lipinski definition) is 5. The maximum absolute atomic E-state index is 11.6. The minimum atomic E-state index is -0.249. The summed E-state index contributed by atoms with van der Waals surface area (Å²) in [6, 6.07) is 7.31. The molecular formula is C16H24N2O4. The standard InChI is InChI=1S/C16H24N2O4/c1-4-22-15(19)12-18(9-10-21-3)11-13-5-7-14(8-6-13)16(20)17-2/h5-8H,4,9-12H2,1-3H3,(H,17,20). The quantitative estimate of drug-likeness (QED) is 0.691. The first-order chi connectivity index (χ1) is 10.6. The first-order valence-corrected chi connectivity index (χ1v) is 7.28. The minimum Gasteiger partial charge on any atom is -0.465 e. The number of carbonyl (C=O) groups is 2. The van der Waals surface area contributed by atoms with Crippen molar-refractivity contribution in [3.8, 4) is 0 Å². The van der Waals surface area contributed by atoms with Crippen LogP contribution in [0.5, 0.6) is 0 Å². The van der Waals surface area contributed by atoms with Gasteiger partial charge >= 0.3 is 5.97 Å². The van der Waals surface area contributed by atoms with Crippen LogP contribution >= 0.6 is 0 Å². The predicted octanol–water partition coefficient (Wildman–Crippen LogP) is 1.06. The van der Waals surface area contributed by atoms with E-state index < -0.39 is 0 Å². The molecule has 1 aromatic rings. The molecule has 1 N–H and O–H groups in total. The topological polar surface area (TPSA) is 67.9 Å². The number of amides is 1. The molecular weight excluding hydrogens is 284 g/mol. The smallest absolute Gasteiger partial charge is 0.320 e. The molecule has 122 valence electrons. The lowest BCUT2D eigenvalue weighted by molar-refractivity contribution is -0.144. The van der Waals surface area contributed by atoms with Gasteiger partial charge in [0.25, 0.3) is 5.91 Å². The number of esters is 1. The lowest BCUT2D eigenvalue weighted by Crippen LogP contribution is -2.33. The van der Waals surface area contributed by atoms with Gasteiger partial charge < -0.3 is 14.8 Å². The van der Waals surface area contributed by atoms with E-state index in [-0.39, 0.29) is 18.4 Å². The van der Waals surface area contributed by atoms with Crippen molar-refractivity contribution >= 4 is 11.9 Å². The molecule has 6 nitrogen and oxygen atoms in total. The second kappa shape index (κ2) is 9.92. The SMILES string of the molecule is CCOC(=O)CN(CCOC)Cc1ccc(C(=O)NC)cc1. The maximum Gasteiger partial charge on any atom is 0.320 e. The predicted molar refractivity (Wildman–Crippen MR) is 83.6 cm³/mol. The van der Waals surface area contributed by atoms with Crippen LogP contribution in [-0.2, 0) is 20.8 Å². The van der Waals surface area contributed by atoms with Gasteiger partial charge in [0.1, 0.15) is 0 Å². The van der Waals surface area contributed by atoms with Crippen LogP contribution in [0.4, 0.5) is 0 Å². The van der Waals surface area contributed by atoms with Gasteiger partial charge in [-0.2, -0.15) is 0 Å².